The number of alkyl halides is 3. The van der Waals surface area contributed by atoms with E-state index in [4.69, 9.17) is 6.57 Å². The largest absolute Gasteiger partial charge is 0.573 e. The van der Waals surface area contributed by atoms with Gasteiger partial charge >= 0.3 is 6.36 Å². The molecule has 172 valence electrons. The van der Waals surface area contributed by atoms with Crippen LogP contribution in [0.25, 0.3) is 21.8 Å². The molecule has 0 radical (unpaired) electrons. The predicted molar refractivity (Wildman–Crippen MR) is 124 cm³/mol. The van der Waals surface area contributed by atoms with Crippen LogP contribution in [0.2, 0.25) is 0 Å². The van der Waals surface area contributed by atoms with Gasteiger partial charge in [0.05, 0.1) is 18.0 Å². The first-order chi connectivity index (χ1) is 16.2. The molecule has 4 rings (SSSR count). The minimum absolute atomic E-state index is 0.115. The van der Waals surface area contributed by atoms with Crippen molar-refractivity contribution in [1.82, 2.24) is 4.57 Å². The minimum atomic E-state index is -4.82. The summed E-state index contributed by atoms with van der Waals surface area (Å²) in [6.07, 6.45) is -4.82. The van der Waals surface area contributed by atoms with Crippen LogP contribution in [0.4, 0.5) is 24.5 Å². The molecule has 0 aliphatic heterocycles. The summed E-state index contributed by atoms with van der Waals surface area (Å²) < 4.78 is 43.9. The molecule has 0 unspecified atom stereocenters. The number of aromatic nitrogens is 1. The molecule has 34 heavy (non-hydrogen) atoms. The Balaban J connectivity index is 1.80. The zero-order chi connectivity index (χ0) is 24.3. The Kier molecular flexibility index (Phi) is 6.19. The van der Waals surface area contributed by atoms with E-state index < -0.39 is 6.36 Å². The Labute approximate surface area is 194 Å². The van der Waals surface area contributed by atoms with Crippen LogP contribution in [0, 0.1) is 6.57 Å². The molecule has 0 saturated heterocycles. The molecule has 8 heteroatoms. The normalized spacial score (nSPS) is 12.1. The van der Waals surface area contributed by atoms with Crippen molar-refractivity contribution in [2.75, 3.05) is 5.32 Å². The van der Waals surface area contributed by atoms with Crippen LogP contribution >= 0.6 is 0 Å². The van der Waals surface area contributed by atoms with Crippen molar-refractivity contribution in [3.63, 3.8) is 0 Å². The van der Waals surface area contributed by atoms with Crippen LogP contribution in [-0.2, 0) is 0 Å². The van der Waals surface area contributed by atoms with E-state index in [1.165, 1.54) is 22.8 Å². The van der Waals surface area contributed by atoms with Gasteiger partial charge in [0.25, 0.3) is 0 Å². The number of benzene rings is 3. The average Bonchev–Trinajstić information content (AvgIpc) is 3.14. The van der Waals surface area contributed by atoms with Gasteiger partial charge in [0, 0.05) is 17.3 Å². The third-order valence-electron chi connectivity index (χ3n) is 5.25. The summed E-state index contributed by atoms with van der Waals surface area (Å²) >= 11 is 0. The summed E-state index contributed by atoms with van der Waals surface area (Å²) in [6, 6.07) is 23.2. The van der Waals surface area contributed by atoms with Crippen LogP contribution in [0.5, 0.6) is 11.6 Å². The molecule has 0 bridgehead atoms. The number of aromatic hydroxyl groups is 1. The zero-order valence-corrected chi connectivity index (χ0v) is 18.0. The summed E-state index contributed by atoms with van der Waals surface area (Å²) in [4.78, 5) is 3.38. The van der Waals surface area contributed by atoms with E-state index in [0.717, 1.165) is 5.56 Å². The van der Waals surface area contributed by atoms with Crippen molar-refractivity contribution in [3.05, 3.63) is 102 Å². The number of ether oxygens (including phenoxy) is 1. The van der Waals surface area contributed by atoms with Crippen LogP contribution in [0.1, 0.15) is 18.5 Å². The average molecular weight is 463 g/mol. The van der Waals surface area contributed by atoms with Crippen molar-refractivity contribution in [3.8, 4) is 28.6 Å². The molecular formula is C26H20F3N3O2. The fourth-order valence-corrected chi connectivity index (χ4v) is 3.67. The van der Waals surface area contributed by atoms with Crippen molar-refractivity contribution in [1.29, 1.82) is 0 Å². The summed E-state index contributed by atoms with van der Waals surface area (Å²) in [5, 5.41) is 14.4. The summed E-state index contributed by atoms with van der Waals surface area (Å²) in [5.41, 5.74) is 3.23. The van der Waals surface area contributed by atoms with Crippen molar-refractivity contribution < 1.29 is 23.0 Å². The molecule has 0 fully saturated rings. The molecule has 5 nitrogen and oxygen atoms in total. The van der Waals surface area contributed by atoms with E-state index in [-0.39, 0.29) is 17.7 Å². The minimum Gasteiger partial charge on any atom is -0.493 e. The summed E-state index contributed by atoms with van der Waals surface area (Å²) in [5.74, 6) is -0.483. The molecule has 0 aliphatic rings. The maximum absolute atomic E-state index is 12.8. The lowest BCUT2D eigenvalue weighted by molar-refractivity contribution is -0.274. The molecule has 0 amide bonds. The Hall–Kier alpha value is -4.38. The number of nitrogens with one attached hydrogen (secondary N) is 1. The third-order valence-corrected chi connectivity index (χ3v) is 5.25. The van der Waals surface area contributed by atoms with Gasteiger partial charge in [0.2, 0.25) is 5.88 Å². The number of rotatable bonds is 6. The molecule has 0 aliphatic carbocycles. The van der Waals surface area contributed by atoms with Gasteiger partial charge < -0.3 is 15.2 Å². The highest BCUT2D eigenvalue weighted by Gasteiger charge is 2.31. The maximum Gasteiger partial charge on any atom is 0.573 e. The number of halogens is 3. The molecule has 1 atom stereocenters. The van der Waals surface area contributed by atoms with E-state index in [0.29, 0.717) is 28.3 Å². The Morgan fingerprint density at radius 2 is 1.68 bits per heavy atom. The van der Waals surface area contributed by atoms with Gasteiger partial charge in [-0.15, -0.1) is 13.2 Å². The van der Waals surface area contributed by atoms with Gasteiger partial charge in [0.1, 0.15) is 5.75 Å². The number of anilines is 1. The van der Waals surface area contributed by atoms with E-state index in [2.05, 4.69) is 14.9 Å². The number of hydrogen-bond donors (Lipinski definition) is 2. The van der Waals surface area contributed by atoms with Gasteiger partial charge in [-0.1, -0.05) is 54.6 Å². The fourth-order valence-electron chi connectivity index (χ4n) is 3.67. The lowest BCUT2D eigenvalue weighted by Crippen LogP contribution is -2.17. The van der Waals surface area contributed by atoms with Gasteiger partial charge in [-0.3, -0.25) is 4.57 Å². The topological polar surface area (TPSA) is 50.8 Å². The third kappa shape index (κ3) is 4.99. The van der Waals surface area contributed by atoms with Gasteiger partial charge in [-0.25, -0.2) is 4.85 Å². The van der Waals surface area contributed by atoms with E-state index >= 15 is 0 Å². The Morgan fingerprint density at radius 3 is 2.32 bits per heavy atom. The fraction of sp³-hybridized carbons (Fsp3) is 0.115. The molecule has 1 heterocycles. The first-order valence-corrected chi connectivity index (χ1v) is 10.4. The van der Waals surface area contributed by atoms with E-state index in [9.17, 15) is 18.3 Å². The predicted octanol–water partition coefficient (Wildman–Crippen LogP) is 7.47. The molecule has 3 aromatic carbocycles. The molecular weight excluding hydrogens is 443 g/mol. The SMILES string of the molecule is [C-]#[N+]c1ccc(-n2c(-c3cccc(OC(F)(F)F)c3)cc(N[C@H](C)c3ccccc3)c2O)cc1. The number of nitrogens with zero attached hydrogens (tertiary/aromatic N) is 2. The van der Waals surface area contributed by atoms with Gasteiger partial charge in [0.15, 0.2) is 5.69 Å². The van der Waals surface area contributed by atoms with Crippen LogP contribution < -0.4 is 10.1 Å². The van der Waals surface area contributed by atoms with Gasteiger partial charge in [-0.05, 0) is 42.8 Å². The standard InChI is InChI=1S/C26H20F3N3O2/c1-17(18-7-4-3-5-8-18)31-23-16-24(19-9-6-10-22(15-19)34-26(27,28)29)32(25(23)33)21-13-11-20(30-2)12-14-21/h3-17,31,33H,1H3/t17-/m1/s1. The molecule has 2 N–H and O–H groups in total. The van der Waals surface area contributed by atoms with E-state index in [1.807, 2.05) is 37.3 Å². The molecule has 0 spiro atoms. The Bertz CT molecular complexity index is 1320. The lowest BCUT2D eigenvalue weighted by atomic mass is 10.1. The highest BCUT2D eigenvalue weighted by molar-refractivity contribution is 5.75. The highest BCUT2D eigenvalue weighted by atomic mass is 19.4. The molecule has 4 aromatic rings. The first kappa shape index (κ1) is 22.8. The Morgan fingerprint density at radius 1 is 0.971 bits per heavy atom. The second-order valence-corrected chi connectivity index (χ2v) is 7.58. The monoisotopic (exact) mass is 463 g/mol. The highest BCUT2D eigenvalue weighted by Crippen LogP contribution is 2.40. The number of hydrogen-bond acceptors (Lipinski definition) is 3. The zero-order valence-electron chi connectivity index (χ0n) is 18.0. The first-order valence-electron chi connectivity index (χ1n) is 10.4. The molecule has 0 saturated carbocycles. The smallest absolute Gasteiger partial charge is 0.493 e. The quantitative estimate of drug-likeness (QED) is 0.292. The maximum atomic E-state index is 12.8. The summed E-state index contributed by atoms with van der Waals surface area (Å²) in [6.45, 7) is 9.09. The molecule has 1 aromatic heterocycles. The second-order valence-electron chi connectivity index (χ2n) is 7.58. The lowest BCUT2D eigenvalue weighted by Gasteiger charge is -2.15. The summed E-state index contributed by atoms with van der Waals surface area (Å²) in [7, 11) is 0. The van der Waals surface area contributed by atoms with Crippen LogP contribution in [0.15, 0.2) is 84.9 Å². The van der Waals surface area contributed by atoms with Crippen LogP contribution in [-0.4, -0.2) is 16.0 Å². The van der Waals surface area contributed by atoms with Crippen molar-refractivity contribution in [2.45, 2.75) is 19.3 Å². The van der Waals surface area contributed by atoms with Crippen LogP contribution in [0.3, 0.4) is 0 Å². The van der Waals surface area contributed by atoms with E-state index in [1.54, 1.807) is 36.4 Å². The van der Waals surface area contributed by atoms with Crippen molar-refractivity contribution >= 4 is 11.4 Å². The van der Waals surface area contributed by atoms with Crippen molar-refractivity contribution in [2.24, 2.45) is 0 Å². The van der Waals surface area contributed by atoms with Gasteiger partial charge in [-0.2, -0.15) is 0 Å². The second kappa shape index (κ2) is 9.24.